The van der Waals surface area contributed by atoms with Crippen LogP contribution in [0.4, 0.5) is 23.4 Å². The van der Waals surface area contributed by atoms with Gasteiger partial charge >= 0.3 is 6.18 Å². The molecule has 0 aliphatic heterocycles. The summed E-state index contributed by atoms with van der Waals surface area (Å²) in [5.74, 6) is 0.301. The molecule has 4 aromatic rings. The number of rotatable bonds is 4. The van der Waals surface area contributed by atoms with E-state index in [1.165, 1.54) is 22.7 Å². The Balaban J connectivity index is 1.71. The summed E-state index contributed by atoms with van der Waals surface area (Å²) < 4.78 is 54.2. The van der Waals surface area contributed by atoms with Crippen molar-refractivity contribution in [3.05, 3.63) is 72.3 Å². The molecule has 3 heterocycles. The van der Waals surface area contributed by atoms with Crippen molar-refractivity contribution in [2.75, 3.05) is 5.32 Å². The summed E-state index contributed by atoms with van der Waals surface area (Å²) in [6.45, 7) is 0. The van der Waals surface area contributed by atoms with Gasteiger partial charge < -0.3 is 5.32 Å². The molecule has 0 amide bonds. The number of nitrogens with one attached hydrogen (secondary N) is 1. The lowest BCUT2D eigenvalue weighted by atomic mass is 10.00. The number of nitrogens with zero attached hydrogens (tertiary/aromatic N) is 3. The van der Waals surface area contributed by atoms with Gasteiger partial charge in [0, 0.05) is 29.6 Å². The van der Waals surface area contributed by atoms with E-state index in [9.17, 15) is 17.6 Å². The molecule has 0 unspecified atom stereocenters. The van der Waals surface area contributed by atoms with Crippen molar-refractivity contribution in [1.29, 1.82) is 0 Å². The van der Waals surface area contributed by atoms with E-state index >= 15 is 0 Å². The highest BCUT2D eigenvalue weighted by Gasteiger charge is 2.31. The molecule has 3 aromatic heterocycles. The van der Waals surface area contributed by atoms with Crippen LogP contribution in [0.15, 0.2) is 60.9 Å². The molecular weight excluding hydrogens is 396 g/mol. The zero-order chi connectivity index (χ0) is 20.9. The predicted octanol–water partition coefficient (Wildman–Crippen LogP) is 5.80. The first kappa shape index (κ1) is 18.6. The topological polar surface area (TPSA) is 42.2 Å². The number of aromatic nitrogens is 3. The maximum atomic E-state index is 13.4. The first-order chi connectivity index (χ1) is 14.4. The Labute approximate surface area is 169 Å². The van der Waals surface area contributed by atoms with Gasteiger partial charge in [0.25, 0.3) is 0 Å². The smallest absolute Gasteiger partial charge is 0.367 e. The highest BCUT2D eigenvalue weighted by Crippen LogP contribution is 2.38. The van der Waals surface area contributed by atoms with Gasteiger partial charge in [-0.25, -0.2) is 13.9 Å². The van der Waals surface area contributed by atoms with Crippen LogP contribution in [0.1, 0.15) is 18.4 Å². The molecule has 5 rings (SSSR count). The molecule has 1 saturated carbocycles. The first-order valence-corrected chi connectivity index (χ1v) is 9.47. The van der Waals surface area contributed by atoms with Gasteiger partial charge in [0.1, 0.15) is 17.3 Å². The van der Waals surface area contributed by atoms with Gasteiger partial charge in [-0.05, 0) is 66.9 Å². The summed E-state index contributed by atoms with van der Waals surface area (Å²) in [6.07, 6.45) is 0.320. The lowest BCUT2D eigenvalue weighted by Gasteiger charge is -2.09. The molecule has 0 bridgehead atoms. The summed E-state index contributed by atoms with van der Waals surface area (Å²) in [6, 6.07) is 12.2. The lowest BCUT2D eigenvalue weighted by molar-refractivity contribution is -0.137. The molecule has 1 N–H and O–H groups in total. The van der Waals surface area contributed by atoms with Crippen molar-refractivity contribution in [2.24, 2.45) is 0 Å². The second-order valence-electron chi connectivity index (χ2n) is 7.32. The maximum Gasteiger partial charge on any atom is 0.417 e. The van der Waals surface area contributed by atoms with Crippen LogP contribution in [0, 0.1) is 5.82 Å². The fraction of sp³-hybridized carbons (Fsp3) is 0.182. The van der Waals surface area contributed by atoms with E-state index in [-0.39, 0.29) is 0 Å². The van der Waals surface area contributed by atoms with Gasteiger partial charge in [0.05, 0.1) is 11.1 Å². The molecule has 0 saturated heterocycles. The van der Waals surface area contributed by atoms with E-state index < -0.39 is 17.6 Å². The third kappa shape index (κ3) is 3.49. The van der Waals surface area contributed by atoms with Crippen molar-refractivity contribution in [3.8, 4) is 22.4 Å². The number of benzene rings is 1. The standard InChI is InChI=1S/C22H16F4N4/c23-16-4-1-13(2-5-16)21-20(14-9-10-27-19(11-14)28-17-6-7-17)18-8-3-15(22(24,25)26)12-30(18)29-21/h1-5,8-12,17H,6-7H2,(H,27,28). The monoisotopic (exact) mass is 412 g/mol. The Morgan fingerprint density at radius 2 is 1.73 bits per heavy atom. The number of fused-ring (bicyclic) bond motifs is 1. The number of anilines is 1. The average Bonchev–Trinajstić information content (AvgIpc) is 3.44. The molecule has 1 aromatic carbocycles. The zero-order valence-electron chi connectivity index (χ0n) is 15.6. The first-order valence-electron chi connectivity index (χ1n) is 9.47. The molecule has 0 spiro atoms. The van der Waals surface area contributed by atoms with Gasteiger partial charge in [-0.2, -0.15) is 18.3 Å². The quantitative estimate of drug-likeness (QED) is 0.431. The zero-order valence-corrected chi connectivity index (χ0v) is 15.6. The summed E-state index contributed by atoms with van der Waals surface area (Å²) in [5, 5.41) is 7.74. The predicted molar refractivity (Wildman–Crippen MR) is 105 cm³/mol. The molecule has 1 aliphatic rings. The molecule has 30 heavy (non-hydrogen) atoms. The molecule has 1 aliphatic carbocycles. The van der Waals surface area contributed by atoms with E-state index in [0.29, 0.717) is 34.2 Å². The van der Waals surface area contributed by atoms with Crippen molar-refractivity contribution < 1.29 is 17.6 Å². The van der Waals surface area contributed by atoms with Crippen LogP contribution in [0.5, 0.6) is 0 Å². The third-order valence-corrected chi connectivity index (χ3v) is 5.05. The Hall–Kier alpha value is -3.42. The molecule has 0 radical (unpaired) electrons. The average molecular weight is 412 g/mol. The van der Waals surface area contributed by atoms with E-state index in [1.807, 2.05) is 6.07 Å². The SMILES string of the molecule is Fc1ccc(-c2nn3cc(C(F)(F)F)ccc3c2-c2ccnc(NC3CC3)c2)cc1. The van der Waals surface area contributed by atoms with Crippen LogP contribution in [0.3, 0.4) is 0 Å². The third-order valence-electron chi connectivity index (χ3n) is 5.05. The van der Waals surface area contributed by atoms with Crippen LogP contribution in [-0.4, -0.2) is 20.6 Å². The van der Waals surface area contributed by atoms with Gasteiger partial charge in [-0.15, -0.1) is 0 Å². The van der Waals surface area contributed by atoms with Crippen LogP contribution < -0.4 is 5.32 Å². The second-order valence-corrected chi connectivity index (χ2v) is 7.32. The molecule has 152 valence electrons. The van der Waals surface area contributed by atoms with Crippen molar-refractivity contribution >= 4 is 11.3 Å². The summed E-state index contributed by atoms with van der Waals surface area (Å²) in [5.41, 5.74) is 2.24. The normalized spacial score (nSPS) is 14.3. The fourth-order valence-corrected chi connectivity index (χ4v) is 3.41. The van der Waals surface area contributed by atoms with Crippen LogP contribution >= 0.6 is 0 Å². The largest absolute Gasteiger partial charge is 0.417 e. The van der Waals surface area contributed by atoms with Crippen LogP contribution in [-0.2, 0) is 6.18 Å². The Morgan fingerprint density at radius 1 is 0.967 bits per heavy atom. The maximum absolute atomic E-state index is 13.4. The van der Waals surface area contributed by atoms with E-state index in [1.54, 1.807) is 24.4 Å². The highest BCUT2D eigenvalue weighted by molar-refractivity contribution is 5.92. The van der Waals surface area contributed by atoms with E-state index in [2.05, 4.69) is 15.4 Å². The van der Waals surface area contributed by atoms with Crippen LogP contribution in [0.2, 0.25) is 0 Å². The van der Waals surface area contributed by atoms with Crippen LogP contribution in [0.25, 0.3) is 27.9 Å². The van der Waals surface area contributed by atoms with Gasteiger partial charge in [0.2, 0.25) is 0 Å². The van der Waals surface area contributed by atoms with Gasteiger partial charge in [-0.1, -0.05) is 0 Å². The minimum atomic E-state index is -4.48. The molecule has 4 nitrogen and oxygen atoms in total. The Kier molecular flexibility index (Phi) is 4.23. The molecule has 0 atom stereocenters. The van der Waals surface area contributed by atoms with Gasteiger partial charge in [-0.3, -0.25) is 0 Å². The summed E-state index contributed by atoms with van der Waals surface area (Å²) >= 11 is 0. The minimum absolute atomic E-state index is 0.400. The van der Waals surface area contributed by atoms with Gasteiger partial charge in [0.15, 0.2) is 0 Å². The number of pyridine rings is 2. The number of hydrogen-bond donors (Lipinski definition) is 1. The lowest BCUT2D eigenvalue weighted by Crippen LogP contribution is -2.06. The number of hydrogen-bond acceptors (Lipinski definition) is 3. The fourth-order valence-electron chi connectivity index (χ4n) is 3.41. The number of halogens is 4. The van der Waals surface area contributed by atoms with E-state index in [4.69, 9.17) is 0 Å². The number of alkyl halides is 3. The Morgan fingerprint density at radius 3 is 2.43 bits per heavy atom. The van der Waals surface area contributed by atoms with Crippen molar-refractivity contribution in [1.82, 2.24) is 14.6 Å². The highest BCUT2D eigenvalue weighted by atomic mass is 19.4. The summed E-state index contributed by atoms with van der Waals surface area (Å²) in [4.78, 5) is 4.33. The molecular formula is C22H16F4N4. The minimum Gasteiger partial charge on any atom is -0.367 e. The van der Waals surface area contributed by atoms with Crippen molar-refractivity contribution in [3.63, 3.8) is 0 Å². The van der Waals surface area contributed by atoms with E-state index in [0.717, 1.165) is 30.7 Å². The summed E-state index contributed by atoms with van der Waals surface area (Å²) in [7, 11) is 0. The molecule has 1 fully saturated rings. The molecule has 8 heteroatoms. The Bertz CT molecular complexity index is 1220. The van der Waals surface area contributed by atoms with Crippen molar-refractivity contribution in [2.45, 2.75) is 25.1 Å². The second kappa shape index (κ2) is 6.83.